The van der Waals surface area contributed by atoms with E-state index >= 15 is 0 Å². The second-order valence-corrected chi connectivity index (χ2v) is 11.8. The number of pyridine rings is 2. The van der Waals surface area contributed by atoms with Crippen molar-refractivity contribution >= 4 is 49.5 Å². The van der Waals surface area contributed by atoms with E-state index in [1.165, 1.54) is 21.6 Å². The van der Waals surface area contributed by atoms with E-state index in [1.807, 2.05) is 30.3 Å². The van der Waals surface area contributed by atoms with E-state index in [-0.39, 0.29) is 11.0 Å². The minimum atomic E-state index is -4.53. The van der Waals surface area contributed by atoms with Gasteiger partial charge in [-0.1, -0.05) is 51.9 Å². The largest absolute Gasteiger partial charge is 0.417 e. The summed E-state index contributed by atoms with van der Waals surface area (Å²) in [6, 6.07) is 9.41. The fourth-order valence-electron chi connectivity index (χ4n) is 4.69. The van der Waals surface area contributed by atoms with Crippen LogP contribution >= 0.6 is 21.6 Å². The molecule has 0 amide bonds. The normalized spacial score (nSPS) is 14.5. The Bertz CT molecular complexity index is 1900. The number of halogens is 6. The van der Waals surface area contributed by atoms with Gasteiger partial charge in [-0.05, 0) is 31.0 Å². The fraction of sp³-hybridized carbons (Fsp3) is 0.214. The molecule has 0 spiro atoms. The van der Waals surface area contributed by atoms with Crippen molar-refractivity contribution in [2.75, 3.05) is 0 Å². The Morgan fingerprint density at radius 3 is 1.88 bits per heavy atom. The lowest BCUT2D eigenvalue weighted by Gasteiger charge is -2.16. The van der Waals surface area contributed by atoms with Crippen LogP contribution in [0.15, 0.2) is 70.7 Å². The number of allylic oxidation sites excluding steroid dienone is 3. The van der Waals surface area contributed by atoms with Gasteiger partial charge in [0.15, 0.2) is 11.3 Å². The maximum atomic E-state index is 13.3. The summed E-state index contributed by atoms with van der Waals surface area (Å²) in [4.78, 5) is 18.7. The molecule has 1 aromatic carbocycles. The number of rotatable bonds is 5. The molecule has 0 atom stereocenters. The van der Waals surface area contributed by atoms with Crippen LogP contribution in [0.4, 0.5) is 26.3 Å². The summed E-state index contributed by atoms with van der Waals surface area (Å²) < 4.78 is 82.8. The smallest absolute Gasteiger partial charge is 0.312 e. The molecule has 42 heavy (non-hydrogen) atoms. The van der Waals surface area contributed by atoms with E-state index in [9.17, 15) is 26.3 Å². The fourth-order valence-corrected chi connectivity index (χ4v) is 7.15. The molecule has 4 aromatic heterocycles. The molecule has 14 heteroatoms. The Morgan fingerprint density at radius 1 is 0.714 bits per heavy atom. The number of alkyl halides is 6. The summed E-state index contributed by atoms with van der Waals surface area (Å²) in [6.45, 7) is 0. The molecule has 0 aliphatic heterocycles. The average molecular weight is 619 g/mol. The minimum Gasteiger partial charge on any atom is -0.312 e. The lowest BCUT2D eigenvalue weighted by atomic mass is 10.1. The van der Waals surface area contributed by atoms with Gasteiger partial charge in [-0.3, -0.25) is 0 Å². The Labute approximate surface area is 243 Å². The van der Waals surface area contributed by atoms with Crippen LogP contribution in [0.5, 0.6) is 0 Å². The van der Waals surface area contributed by atoms with Gasteiger partial charge in [-0.15, -0.1) is 0 Å². The highest BCUT2D eigenvalue weighted by molar-refractivity contribution is 8.78. The Morgan fingerprint density at radius 2 is 1.26 bits per heavy atom. The Kier molecular flexibility index (Phi) is 7.08. The topological polar surface area (TPSA) is 61.4 Å². The van der Waals surface area contributed by atoms with Gasteiger partial charge in [-0.2, -0.15) is 26.3 Å². The van der Waals surface area contributed by atoms with Gasteiger partial charge in [0.2, 0.25) is 0 Å². The van der Waals surface area contributed by atoms with Crippen molar-refractivity contribution < 1.29 is 26.3 Å². The second-order valence-electron chi connectivity index (χ2n) is 9.54. The monoisotopic (exact) mass is 618 g/mol. The number of nitrogens with zero attached hydrogens (tertiary/aromatic N) is 6. The van der Waals surface area contributed by atoms with Gasteiger partial charge >= 0.3 is 12.4 Å². The van der Waals surface area contributed by atoms with Crippen molar-refractivity contribution in [3.63, 3.8) is 0 Å². The molecule has 0 fully saturated rings. The number of imidazole rings is 2. The Balaban J connectivity index is 1.30. The molecule has 0 saturated heterocycles. The molecular formula is C28H20F6N6S2. The summed E-state index contributed by atoms with van der Waals surface area (Å²) in [7, 11) is 6.32. The maximum Gasteiger partial charge on any atom is 0.417 e. The molecule has 5 aromatic rings. The van der Waals surface area contributed by atoms with Gasteiger partial charge in [0.05, 0.1) is 11.1 Å². The highest BCUT2D eigenvalue weighted by atomic mass is 33.1. The molecule has 0 unspecified atom stereocenters. The Hall–Kier alpha value is -3.78. The van der Waals surface area contributed by atoms with Crippen LogP contribution in [0.25, 0.3) is 39.3 Å². The highest BCUT2D eigenvalue weighted by Crippen LogP contribution is 2.47. The molecule has 6 nitrogen and oxygen atoms in total. The van der Waals surface area contributed by atoms with Crippen molar-refractivity contribution in [3.8, 4) is 11.4 Å². The first-order valence-corrected chi connectivity index (χ1v) is 14.7. The van der Waals surface area contributed by atoms with E-state index < -0.39 is 23.5 Å². The zero-order valence-corrected chi connectivity index (χ0v) is 23.6. The molecule has 0 saturated carbocycles. The number of aryl methyl sites for hydroxylation is 2. The lowest BCUT2D eigenvalue weighted by Crippen LogP contribution is -2.05. The predicted octanol–water partition coefficient (Wildman–Crippen LogP) is 8.46. The molecular weight excluding hydrogens is 598 g/mol. The third kappa shape index (κ3) is 5.17. The quantitative estimate of drug-likeness (QED) is 0.146. The number of benzene rings is 1. The van der Waals surface area contributed by atoms with Crippen LogP contribution in [-0.4, -0.2) is 29.1 Å². The lowest BCUT2D eigenvalue weighted by molar-refractivity contribution is -0.138. The first kappa shape index (κ1) is 28.3. The summed E-state index contributed by atoms with van der Waals surface area (Å²) in [5.74, 6) is 0.974. The summed E-state index contributed by atoms with van der Waals surface area (Å²) >= 11 is 0. The van der Waals surface area contributed by atoms with Crippen molar-refractivity contribution in [2.45, 2.75) is 30.1 Å². The van der Waals surface area contributed by atoms with Crippen molar-refractivity contribution in [2.24, 2.45) is 14.1 Å². The first-order chi connectivity index (χ1) is 19.9. The van der Waals surface area contributed by atoms with Crippen LogP contribution in [0.3, 0.4) is 0 Å². The number of hydrogen-bond donors (Lipinski definition) is 0. The summed E-state index contributed by atoms with van der Waals surface area (Å²) in [6.07, 6.45) is -1.85. The standard InChI is InChI=1S/C28H20F6N6S2/c1-39-23(37-19-11-15(27(29,30)31)13-35-25(19)39)17-7-3-5-9-21(17)41-42-22-10-6-4-8-18(22)24-38-20-12-16(28(32,33)34)14-36-26(20)40(24)2/h3,5,7-14H,4,6H2,1-2H3. The summed E-state index contributed by atoms with van der Waals surface area (Å²) in [5, 5.41) is 0. The van der Waals surface area contributed by atoms with E-state index in [4.69, 9.17) is 0 Å². The predicted molar refractivity (Wildman–Crippen MR) is 151 cm³/mol. The van der Waals surface area contributed by atoms with Crippen LogP contribution in [0.1, 0.15) is 29.8 Å². The average Bonchev–Trinajstić information content (AvgIpc) is 3.47. The van der Waals surface area contributed by atoms with E-state index in [0.29, 0.717) is 22.9 Å². The third-order valence-electron chi connectivity index (χ3n) is 6.77. The van der Waals surface area contributed by atoms with Crippen molar-refractivity contribution in [1.29, 1.82) is 0 Å². The molecule has 216 valence electrons. The van der Waals surface area contributed by atoms with Crippen molar-refractivity contribution in [1.82, 2.24) is 29.1 Å². The minimum absolute atomic E-state index is 0.138. The van der Waals surface area contributed by atoms with Gasteiger partial charge in [0, 0.05) is 47.4 Å². The summed E-state index contributed by atoms with van der Waals surface area (Å²) in [5.41, 5.74) is 0.745. The zero-order valence-electron chi connectivity index (χ0n) is 22.0. The molecule has 1 aliphatic rings. The number of hydrogen-bond acceptors (Lipinski definition) is 6. The molecule has 0 N–H and O–H groups in total. The molecule has 6 rings (SSSR count). The molecule has 0 bridgehead atoms. The van der Waals surface area contributed by atoms with Gasteiger partial charge in [-0.25, -0.2) is 19.9 Å². The SMILES string of the molecule is Cn1c(C2=CCCC=C2SSc2ccccc2-c2nc3cc(C(F)(F)F)cnc3n2C)nc2cc(C(F)(F)F)cnc21. The van der Waals surface area contributed by atoms with Crippen LogP contribution < -0.4 is 0 Å². The molecule has 1 aliphatic carbocycles. The zero-order chi connectivity index (χ0) is 29.8. The van der Waals surface area contributed by atoms with Crippen LogP contribution in [-0.2, 0) is 26.4 Å². The van der Waals surface area contributed by atoms with Gasteiger partial charge in [0.25, 0.3) is 0 Å². The second kappa shape index (κ2) is 10.5. The third-order valence-corrected chi connectivity index (χ3v) is 9.29. The van der Waals surface area contributed by atoms with Crippen LogP contribution in [0.2, 0.25) is 0 Å². The first-order valence-electron chi connectivity index (χ1n) is 12.6. The highest BCUT2D eigenvalue weighted by Gasteiger charge is 2.33. The number of aromatic nitrogens is 6. The molecule has 0 radical (unpaired) electrons. The van der Waals surface area contributed by atoms with E-state index in [0.717, 1.165) is 58.3 Å². The van der Waals surface area contributed by atoms with Gasteiger partial charge in [0.1, 0.15) is 22.7 Å². The van der Waals surface area contributed by atoms with Crippen LogP contribution in [0, 0.1) is 0 Å². The maximum absolute atomic E-state index is 13.3. The van der Waals surface area contributed by atoms with E-state index in [1.54, 1.807) is 23.2 Å². The van der Waals surface area contributed by atoms with E-state index in [2.05, 4.69) is 26.0 Å². The van der Waals surface area contributed by atoms with Gasteiger partial charge < -0.3 is 9.13 Å². The number of fused-ring (bicyclic) bond motifs is 2. The molecule has 4 heterocycles. The van der Waals surface area contributed by atoms with Crippen molar-refractivity contribution in [3.05, 3.63) is 82.8 Å².